The highest BCUT2D eigenvalue weighted by atomic mass is 16.8. The Morgan fingerprint density at radius 2 is 2.00 bits per heavy atom. The number of esters is 2. The Balaban J connectivity index is 1.41. The molecule has 0 saturated carbocycles. The van der Waals surface area contributed by atoms with E-state index < -0.39 is 48.4 Å². The molecule has 0 bridgehead atoms. The number of carbonyl (C=O) groups is 2. The van der Waals surface area contributed by atoms with E-state index in [1.54, 1.807) is 26.0 Å². The first-order valence-corrected chi connectivity index (χ1v) is 8.75. The number of ether oxygens (including phenoxy) is 6. The number of benzene rings is 1. The van der Waals surface area contributed by atoms with Crippen LogP contribution < -0.4 is 4.74 Å². The Kier molecular flexibility index (Phi) is 4.53. The third-order valence-electron chi connectivity index (χ3n) is 4.67. The van der Waals surface area contributed by atoms with Gasteiger partial charge in [-0.05, 0) is 37.6 Å². The SMILES string of the molecule is COc1cc(C=CC(=O)OC2C(=O)OC3C4OC(C)(C)OC4OC23)ccc1O. The summed E-state index contributed by atoms with van der Waals surface area (Å²) in [4.78, 5) is 24.3. The zero-order valence-electron chi connectivity index (χ0n) is 15.5. The molecular formula is C19H20O9. The van der Waals surface area contributed by atoms with Gasteiger partial charge in [-0.2, -0.15) is 0 Å². The van der Waals surface area contributed by atoms with E-state index >= 15 is 0 Å². The second-order valence-corrected chi connectivity index (χ2v) is 7.09. The molecule has 4 rings (SSSR count). The molecule has 5 atom stereocenters. The van der Waals surface area contributed by atoms with E-state index in [4.69, 9.17) is 28.4 Å². The van der Waals surface area contributed by atoms with Crippen LogP contribution in [0.2, 0.25) is 0 Å². The summed E-state index contributed by atoms with van der Waals surface area (Å²) >= 11 is 0. The normalized spacial score (nSPS) is 32.8. The van der Waals surface area contributed by atoms with E-state index in [0.717, 1.165) is 6.08 Å². The van der Waals surface area contributed by atoms with Crippen LogP contribution in [0.5, 0.6) is 11.5 Å². The highest BCUT2D eigenvalue weighted by Gasteiger charge is 2.64. The van der Waals surface area contributed by atoms with Crippen molar-refractivity contribution in [2.75, 3.05) is 7.11 Å². The molecule has 9 nitrogen and oxygen atoms in total. The van der Waals surface area contributed by atoms with E-state index in [0.29, 0.717) is 5.56 Å². The van der Waals surface area contributed by atoms with Crippen LogP contribution in [0, 0.1) is 0 Å². The molecule has 9 heteroatoms. The van der Waals surface area contributed by atoms with Crippen LogP contribution >= 0.6 is 0 Å². The van der Waals surface area contributed by atoms with Gasteiger partial charge in [0.2, 0.25) is 6.10 Å². The number of aromatic hydroxyl groups is 1. The Morgan fingerprint density at radius 1 is 1.21 bits per heavy atom. The van der Waals surface area contributed by atoms with Gasteiger partial charge >= 0.3 is 11.9 Å². The fraction of sp³-hybridized carbons (Fsp3) is 0.474. The number of carbonyl (C=O) groups excluding carboxylic acids is 2. The van der Waals surface area contributed by atoms with Crippen molar-refractivity contribution in [2.45, 2.75) is 50.3 Å². The maximum absolute atomic E-state index is 12.2. The van der Waals surface area contributed by atoms with E-state index in [2.05, 4.69) is 0 Å². The number of fused-ring (bicyclic) bond motifs is 3. The lowest BCUT2D eigenvalue weighted by atomic mass is 10.1. The summed E-state index contributed by atoms with van der Waals surface area (Å²) in [5.74, 6) is -2.01. The average Bonchev–Trinajstić information content (AvgIpc) is 3.21. The molecule has 1 aromatic carbocycles. The van der Waals surface area contributed by atoms with Crippen molar-refractivity contribution < 1.29 is 43.1 Å². The topological polar surface area (TPSA) is 110 Å². The van der Waals surface area contributed by atoms with E-state index in [1.807, 2.05) is 0 Å². The van der Waals surface area contributed by atoms with E-state index in [9.17, 15) is 14.7 Å². The van der Waals surface area contributed by atoms with Crippen LogP contribution in [0.15, 0.2) is 24.3 Å². The van der Waals surface area contributed by atoms with Crippen molar-refractivity contribution in [3.63, 3.8) is 0 Å². The molecule has 28 heavy (non-hydrogen) atoms. The summed E-state index contributed by atoms with van der Waals surface area (Å²) < 4.78 is 32.6. The molecule has 3 saturated heterocycles. The van der Waals surface area contributed by atoms with Crippen molar-refractivity contribution in [1.82, 2.24) is 0 Å². The van der Waals surface area contributed by atoms with Crippen molar-refractivity contribution in [2.24, 2.45) is 0 Å². The Labute approximate surface area is 160 Å². The standard InChI is InChI=1S/C19H20O9/c1-19(2)27-16-14-13(26-18(16)28-19)15(17(22)25-14)24-12(21)7-5-9-4-6-10(20)11(8-9)23-3/h4-8,13-16,18,20H,1-3H3. The third kappa shape index (κ3) is 3.32. The van der Waals surface area contributed by atoms with Gasteiger partial charge in [0.1, 0.15) is 6.10 Å². The van der Waals surface area contributed by atoms with Crippen molar-refractivity contribution in [3.05, 3.63) is 29.8 Å². The molecule has 3 aliphatic heterocycles. The number of rotatable bonds is 4. The van der Waals surface area contributed by atoms with Crippen LogP contribution in [0.1, 0.15) is 19.4 Å². The Bertz CT molecular complexity index is 831. The zero-order chi connectivity index (χ0) is 20.1. The summed E-state index contributed by atoms with van der Waals surface area (Å²) in [6.07, 6.45) is -1.28. The molecule has 5 unspecified atom stereocenters. The smallest absolute Gasteiger partial charge is 0.350 e. The molecule has 0 radical (unpaired) electrons. The van der Waals surface area contributed by atoms with Gasteiger partial charge in [0.25, 0.3) is 0 Å². The summed E-state index contributed by atoms with van der Waals surface area (Å²) in [6, 6.07) is 4.59. The molecule has 0 aliphatic carbocycles. The molecular weight excluding hydrogens is 372 g/mol. The average molecular weight is 392 g/mol. The Hall–Kier alpha value is -2.62. The first kappa shape index (κ1) is 18.7. The number of hydrogen-bond acceptors (Lipinski definition) is 9. The fourth-order valence-corrected chi connectivity index (χ4v) is 3.46. The number of phenols is 1. The summed E-state index contributed by atoms with van der Waals surface area (Å²) in [5.41, 5.74) is 0.606. The quantitative estimate of drug-likeness (QED) is 0.595. The largest absolute Gasteiger partial charge is 0.504 e. The zero-order valence-corrected chi connectivity index (χ0v) is 15.5. The lowest BCUT2D eigenvalue weighted by Gasteiger charge is -2.21. The van der Waals surface area contributed by atoms with Crippen LogP contribution in [0.4, 0.5) is 0 Å². The van der Waals surface area contributed by atoms with Gasteiger partial charge in [-0.3, -0.25) is 0 Å². The van der Waals surface area contributed by atoms with Crippen molar-refractivity contribution >= 4 is 18.0 Å². The van der Waals surface area contributed by atoms with Crippen molar-refractivity contribution in [1.29, 1.82) is 0 Å². The van der Waals surface area contributed by atoms with Crippen LogP contribution in [-0.4, -0.2) is 60.6 Å². The van der Waals surface area contributed by atoms with Gasteiger partial charge in [0.05, 0.1) is 7.11 Å². The molecule has 3 fully saturated rings. The van der Waals surface area contributed by atoms with Crippen LogP contribution in [0.3, 0.4) is 0 Å². The molecule has 150 valence electrons. The lowest BCUT2D eigenvalue weighted by Crippen LogP contribution is -2.37. The highest BCUT2D eigenvalue weighted by Crippen LogP contribution is 2.43. The van der Waals surface area contributed by atoms with Crippen LogP contribution in [-0.2, 0) is 33.3 Å². The van der Waals surface area contributed by atoms with Gasteiger partial charge in [-0.1, -0.05) is 6.07 Å². The minimum absolute atomic E-state index is 0.0153. The molecule has 3 heterocycles. The third-order valence-corrected chi connectivity index (χ3v) is 4.67. The van der Waals surface area contributed by atoms with E-state index in [1.165, 1.54) is 19.3 Å². The predicted molar refractivity (Wildman–Crippen MR) is 92.2 cm³/mol. The molecule has 1 aromatic rings. The second kappa shape index (κ2) is 6.77. The summed E-state index contributed by atoms with van der Waals surface area (Å²) in [5, 5.41) is 9.59. The lowest BCUT2D eigenvalue weighted by molar-refractivity contribution is -0.216. The highest BCUT2D eigenvalue weighted by molar-refractivity contribution is 5.90. The minimum atomic E-state index is -1.20. The minimum Gasteiger partial charge on any atom is -0.504 e. The maximum atomic E-state index is 12.2. The van der Waals surface area contributed by atoms with Gasteiger partial charge < -0.3 is 33.5 Å². The number of methoxy groups -OCH3 is 1. The number of phenolic OH excluding ortho intramolecular Hbond substituents is 1. The molecule has 0 aromatic heterocycles. The molecule has 1 N–H and O–H groups in total. The fourth-order valence-electron chi connectivity index (χ4n) is 3.46. The van der Waals surface area contributed by atoms with Gasteiger partial charge in [-0.15, -0.1) is 0 Å². The molecule has 3 aliphatic rings. The summed E-state index contributed by atoms with van der Waals surface area (Å²) in [6.45, 7) is 3.47. The second-order valence-electron chi connectivity index (χ2n) is 7.09. The Morgan fingerprint density at radius 3 is 2.75 bits per heavy atom. The summed E-state index contributed by atoms with van der Waals surface area (Å²) in [7, 11) is 1.42. The van der Waals surface area contributed by atoms with Gasteiger partial charge in [-0.25, -0.2) is 9.59 Å². The van der Waals surface area contributed by atoms with Gasteiger partial charge in [0.15, 0.2) is 35.8 Å². The monoisotopic (exact) mass is 392 g/mol. The molecule has 0 amide bonds. The first-order chi connectivity index (χ1) is 13.3. The van der Waals surface area contributed by atoms with Crippen LogP contribution in [0.25, 0.3) is 6.08 Å². The maximum Gasteiger partial charge on any atom is 0.350 e. The van der Waals surface area contributed by atoms with Gasteiger partial charge in [0, 0.05) is 6.08 Å². The van der Waals surface area contributed by atoms with E-state index in [-0.39, 0.29) is 11.5 Å². The number of hydrogen-bond donors (Lipinski definition) is 1. The first-order valence-electron chi connectivity index (χ1n) is 8.75. The predicted octanol–water partition coefficient (Wildman–Crippen LogP) is 1.13. The van der Waals surface area contributed by atoms with Crippen molar-refractivity contribution in [3.8, 4) is 11.5 Å². The molecule has 0 spiro atoms.